The highest BCUT2D eigenvalue weighted by Gasteiger charge is 2.49. The number of rotatable bonds is 6. The Labute approximate surface area is 143 Å². The lowest BCUT2D eigenvalue weighted by Gasteiger charge is -2.53. The molecule has 1 amide bonds. The number of amides is 1. The van der Waals surface area contributed by atoms with Crippen molar-refractivity contribution in [1.82, 2.24) is 4.90 Å². The number of benzene rings is 1. The summed E-state index contributed by atoms with van der Waals surface area (Å²) in [4.78, 5) is 14.1. The third-order valence-corrected chi connectivity index (χ3v) is 5.02. The van der Waals surface area contributed by atoms with Gasteiger partial charge in [0.15, 0.2) is 6.61 Å². The highest BCUT2D eigenvalue weighted by molar-refractivity contribution is 5.79. The fourth-order valence-corrected chi connectivity index (χ4v) is 3.58. The Balaban J connectivity index is 1.43. The number of methoxy groups -OCH3 is 1. The van der Waals surface area contributed by atoms with Gasteiger partial charge in [0.05, 0.1) is 13.1 Å². The van der Waals surface area contributed by atoms with Crippen molar-refractivity contribution in [2.75, 3.05) is 40.0 Å². The van der Waals surface area contributed by atoms with Crippen molar-refractivity contribution in [2.45, 2.75) is 31.8 Å². The zero-order valence-corrected chi connectivity index (χ0v) is 14.6. The molecule has 3 rings (SSSR count). The molecule has 132 valence electrons. The van der Waals surface area contributed by atoms with Gasteiger partial charge in [0, 0.05) is 20.3 Å². The van der Waals surface area contributed by atoms with Crippen LogP contribution in [0.5, 0.6) is 5.75 Å². The quantitative estimate of drug-likeness (QED) is 0.802. The maximum absolute atomic E-state index is 12.3. The summed E-state index contributed by atoms with van der Waals surface area (Å²) in [7, 11) is 1.74. The van der Waals surface area contributed by atoms with Gasteiger partial charge in [-0.2, -0.15) is 0 Å². The van der Waals surface area contributed by atoms with Crippen LogP contribution >= 0.6 is 0 Å². The fourth-order valence-electron chi connectivity index (χ4n) is 3.58. The van der Waals surface area contributed by atoms with E-state index in [-0.39, 0.29) is 18.1 Å². The van der Waals surface area contributed by atoms with Gasteiger partial charge >= 0.3 is 0 Å². The van der Waals surface area contributed by atoms with E-state index >= 15 is 0 Å². The van der Waals surface area contributed by atoms with E-state index in [9.17, 15) is 4.79 Å². The van der Waals surface area contributed by atoms with E-state index in [1.54, 1.807) is 7.11 Å². The molecular weight excluding hydrogens is 306 g/mol. The van der Waals surface area contributed by atoms with E-state index in [1.807, 2.05) is 36.1 Å². The van der Waals surface area contributed by atoms with Crippen molar-refractivity contribution in [3.8, 4) is 5.75 Å². The van der Waals surface area contributed by atoms with Crippen molar-refractivity contribution in [1.29, 1.82) is 0 Å². The molecule has 0 aromatic heterocycles. The van der Waals surface area contributed by atoms with Gasteiger partial charge in [0.2, 0.25) is 0 Å². The average molecular weight is 333 g/mol. The van der Waals surface area contributed by atoms with Crippen LogP contribution in [0.3, 0.4) is 0 Å². The first-order chi connectivity index (χ1) is 11.6. The summed E-state index contributed by atoms with van der Waals surface area (Å²) in [6.07, 6.45) is 3.20. The van der Waals surface area contributed by atoms with Crippen LogP contribution in [0.4, 0.5) is 0 Å². The van der Waals surface area contributed by atoms with Gasteiger partial charge in [-0.3, -0.25) is 4.79 Å². The van der Waals surface area contributed by atoms with Gasteiger partial charge in [-0.15, -0.1) is 0 Å². The summed E-state index contributed by atoms with van der Waals surface area (Å²) in [6.45, 7) is 5.08. The molecule has 2 aliphatic rings. The largest absolute Gasteiger partial charge is 0.484 e. The Bertz CT molecular complexity index is 551. The normalized spacial score (nSPS) is 22.2. The number of hydrogen-bond acceptors (Lipinski definition) is 4. The molecule has 2 saturated heterocycles. The van der Waals surface area contributed by atoms with Gasteiger partial charge in [0.25, 0.3) is 5.91 Å². The molecule has 2 heterocycles. The van der Waals surface area contributed by atoms with Crippen molar-refractivity contribution >= 4 is 5.91 Å². The Hall–Kier alpha value is -1.59. The van der Waals surface area contributed by atoms with Crippen molar-refractivity contribution in [3.63, 3.8) is 0 Å². The molecular formula is C19H27NO4. The third kappa shape index (κ3) is 4.08. The van der Waals surface area contributed by atoms with Crippen LogP contribution in [-0.2, 0) is 14.3 Å². The standard InChI is InChI=1S/C19H27NO4/c1-15-3-5-17(6-4-15)23-12-18(21)20-13-19(14-20)11-16(7-9-22-2)8-10-24-19/h3-6,16H,7-14H2,1-2H3/t16-/m1/s1. The number of carbonyl (C=O) groups excluding carboxylic acids is 1. The molecule has 24 heavy (non-hydrogen) atoms. The molecule has 5 nitrogen and oxygen atoms in total. The second-order valence-corrected chi connectivity index (χ2v) is 7.02. The van der Waals surface area contributed by atoms with E-state index in [2.05, 4.69) is 0 Å². The van der Waals surface area contributed by atoms with E-state index < -0.39 is 0 Å². The molecule has 5 heteroatoms. The Morgan fingerprint density at radius 2 is 2.08 bits per heavy atom. The minimum atomic E-state index is -0.129. The van der Waals surface area contributed by atoms with E-state index in [0.717, 1.165) is 38.2 Å². The van der Waals surface area contributed by atoms with Crippen LogP contribution in [0, 0.1) is 12.8 Å². The fraction of sp³-hybridized carbons (Fsp3) is 0.632. The first-order valence-corrected chi connectivity index (χ1v) is 8.70. The number of nitrogens with zero attached hydrogens (tertiary/aromatic N) is 1. The van der Waals surface area contributed by atoms with E-state index in [0.29, 0.717) is 19.0 Å². The number of likely N-dealkylation sites (tertiary alicyclic amines) is 1. The van der Waals surface area contributed by atoms with Gasteiger partial charge in [-0.25, -0.2) is 0 Å². The molecule has 2 fully saturated rings. The average Bonchev–Trinajstić information content (AvgIpc) is 2.57. The minimum Gasteiger partial charge on any atom is -0.484 e. The second kappa shape index (κ2) is 7.53. The lowest BCUT2D eigenvalue weighted by atomic mass is 9.79. The monoisotopic (exact) mass is 333 g/mol. The predicted molar refractivity (Wildman–Crippen MR) is 91.2 cm³/mol. The van der Waals surface area contributed by atoms with Crippen LogP contribution < -0.4 is 4.74 Å². The zero-order valence-electron chi connectivity index (χ0n) is 14.6. The maximum atomic E-state index is 12.3. The number of hydrogen-bond donors (Lipinski definition) is 0. The summed E-state index contributed by atoms with van der Waals surface area (Å²) in [6, 6.07) is 7.75. The molecule has 1 aromatic carbocycles. The molecule has 2 aliphatic heterocycles. The van der Waals surface area contributed by atoms with Crippen LogP contribution in [0.25, 0.3) is 0 Å². The first kappa shape index (κ1) is 17.2. The Morgan fingerprint density at radius 3 is 2.79 bits per heavy atom. The van der Waals surface area contributed by atoms with Crippen LogP contribution in [-0.4, -0.2) is 56.4 Å². The molecule has 0 radical (unpaired) electrons. The molecule has 1 atom stereocenters. The van der Waals surface area contributed by atoms with Crippen molar-refractivity contribution in [3.05, 3.63) is 29.8 Å². The molecule has 1 spiro atoms. The number of ether oxygens (including phenoxy) is 3. The first-order valence-electron chi connectivity index (χ1n) is 8.70. The predicted octanol–water partition coefficient (Wildman–Crippen LogP) is 2.42. The van der Waals surface area contributed by atoms with Gasteiger partial charge in [-0.1, -0.05) is 17.7 Å². The summed E-state index contributed by atoms with van der Waals surface area (Å²) >= 11 is 0. The number of aryl methyl sites for hydroxylation is 1. The summed E-state index contributed by atoms with van der Waals surface area (Å²) in [5.74, 6) is 1.40. The molecule has 1 aromatic rings. The van der Waals surface area contributed by atoms with Crippen molar-refractivity contribution in [2.24, 2.45) is 5.92 Å². The highest BCUT2D eigenvalue weighted by atomic mass is 16.5. The maximum Gasteiger partial charge on any atom is 0.260 e. The molecule has 0 unspecified atom stereocenters. The third-order valence-electron chi connectivity index (χ3n) is 5.02. The lowest BCUT2D eigenvalue weighted by molar-refractivity contribution is -0.190. The topological polar surface area (TPSA) is 48.0 Å². The Morgan fingerprint density at radius 1 is 1.33 bits per heavy atom. The van der Waals surface area contributed by atoms with Gasteiger partial charge < -0.3 is 19.1 Å². The summed E-state index contributed by atoms with van der Waals surface area (Å²) in [5, 5.41) is 0. The van der Waals surface area contributed by atoms with Crippen LogP contribution in [0.15, 0.2) is 24.3 Å². The Kier molecular flexibility index (Phi) is 5.41. The second-order valence-electron chi connectivity index (χ2n) is 7.02. The molecule has 0 N–H and O–H groups in total. The molecule has 0 aliphatic carbocycles. The highest BCUT2D eigenvalue weighted by Crippen LogP contribution is 2.38. The van der Waals surface area contributed by atoms with Gasteiger partial charge in [-0.05, 0) is 44.2 Å². The zero-order chi connectivity index (χ0) is 17.0. The van der Waals surface area contributed by atoms with Crippen LogP contribution in [0.2, 0.25) is 0 Å². The minimum absolute atomic E-state index is 0.0313. The lowest BCUT2D eigenvalue weighted by Crippen LogP contribution is -2.67. The molecule has 0 bridgehead atoms. The van der Waals surface area contributed by atoms with E-state index in [1.165, 1.54) is 5.56 Å². The SMILES string of the molecule is COCC[C@@H]1CCOC2(C1)CN(C(=O)COc1ccc(C)cc1)C2. The van der Waals surface area contributed by atoms with Crippen LogP contribution in [0.1, 0.15) is 24.8 Å². The van der Waals surface area contributed by atoms with Gasteiger partial charge in [0.1, 0.15) is 11.4 Å². The summed E-state index contributed by atoms with van der Waals surface area (Å²) < 4.78 is 16.8. The van der Waals surface area contributed by atoms with Crippen molar-refractivity contribution < 1.29 is 19.0 Å². The smallest absolute Gasteiger partial charge is 0.260 e. The summed E-state index contributed by atoms with van der Waals surface area (Å²) in [5.41, 5.74) is 1.05. The number of carbonyl (C=O) groups is 1. The molecule has 0 saturated carbocycles. The van der Waals surface area contributed by atoms with E-state index in [4.69, 9.17) is 14.2 Å².